The Morgan fingerprint density at radius 3 is 1.36 bits per heavy atom. The average Bonchev–Trinajstić information content (AvgIpc) is 3.86. The molecule has 0 radical (unpaired) electrons. The van der Waals surface area contributed by atoms with Gasteiger partial charge in [-0.25, -0.2) is 4.98 Å². The van der Waals surface area contributed by atoms with E-state index in [4.69, 9.17) is 4.98 Å². The van der Waals surface area contributed by atoms with Gasteiger partial charge < -0.3 is 4.90 Å². The predicted molar refractivity (Wildman–Crippen MR) is 274 cm³/mol. The van der Waals surface area contributed by atoms with E-state index in [-0.39, 0.29) is 0 Å². The molecular weight excluding hydrogens is 797 g/mol. The van der Waals surface area contributed by atoms with Crippen LogP contribution in [0.5, 0.6) is 0 Å². The summed E-state index contributed by atoms with van der Waals surface area (Å²) in [5.74, 6) is 0. The van der Waals surface area contributed by atoms with E-state index in [0.717, 1.165) is 39.2 Å². The number of anilines is 3. The molecule has 0 unspecified atom stereocenters. The van der Waals surface area contributed by atoms with Gasteiger partial charge in [0.2, 0.25) is 0 Å². The van der Waals surface area contributed by atoms with Crippen LogP contribution in [-0.4, -0.2) is 4.98 Å². The minimum absolute atomic E-state index is 0.412. The highest BCUT2D eigenvalue weighted by Crippen LogP contribution is 2.63. The summed E-state index contributed by atoms with van der Waals surface area (Å²) in [6, 6.07) is 92.9. The Morgan fingerprint density at radius 2 is 0.742 bits per heavy atom. The van der Waals surface area contributed by atoms with E-state index >= 15 is 0 Å². The molecule has 1 aromatic heterocycles. The van der Waals surface area contributed by atoms with Gasteiger partial charge in [0.25, 0.3) is 0 Å². The molecule has 0 aliphatic heterocycles. The van der Waals surface area contributed by atoms with Crippen molar-refractivity contribution in [2.45, 2.75) is 5.41 Å². The van der Waals surface area contributed by atoms with Crippen LogP contribution in [0, 0.1) is 0 Å². The van der Waals surface area contributed by atoms with E-state index < -0.39 is 5.41 Å². The summed E-state index contributed by atoms with van der Waals surface area (Å²) in [6.07, 6.45) is 0. The number of para-hydroxylation sites is 1. The maximum Gasteiger partial charge on any atom is 0.0725 e. The molecule has 308 valence electrons. The van der Waals surface area contributed by atoms with Crippen LogP contribution in [0.15, 0.2) is 255 Å². The first kappa shape index (κ1) is 37.9. The lowest BCUT2D eigenvalue weighted by atomic mass is 9.70. The van der Waals surface area contributed by atoms with Crippen molar-refractivity contribution in [1.82, 2.24) is 4.98 Å². The molecule has 0 amide bonds. The van der Waals surface area contributed by atoms with Crippen molar-refractivity contribution in [3.8, 4) is 66.9 Å². The normalized spacial score (nSPS) is 12.7. The van der Waals surface area contributed by atoms with E-state index in [1.165, 1.54) is 77.9 Å². The molecule has 66 heavy (non-hydrogen) atoms. The van der Waals surface area contributed by atoms with Gasteiger partial charge in [-0.1, -0.05) is 200 Å². The van der Waals surface area contributed by atoms with Crippen LogP contribution in [0.3, 0.4) is 0 Å². The summed E-state index contributed by atoms with van der Waals surface area (Å²) in [6.45, 7) is 0. The van der Waals surface area contributed by atoms with Gasteiger partial charge >= 0.3 is 0 Å². The third-order valence-electron chi connectivity index (χ3n) is 13.9. The van der Waals surface area contributed by atoms with E-state index in [1.54, 1.807) is 0 Å². The van der Waals surface area contributed by atoms with Crippen molar-refractivity contribution in [2.24, 2.45) is 0 Å². The minimum atomic E-state index is -0.412. The lowest BCUT2D eigenvalue weighted by Crippen LogP contribution is -2.25. The van der Waals surface area contributed by atoms with Crippen LogP contribution >= 0.6 is 0 Å². The van der Waals surface area contributed by atoms with Gasteiger partial charge in [0.05, 0.1) is 16.6 Å². The van der Waals surface area contributed by atoms with E-state index in [9.17, 15) is 0 Å². The maximum atomic E-state index is 5.33. The molecule has 0 fully saturated rings. The van der Waals surface area contributed by atoms with E-state index in [0.29, 0.717) is 0 Å². The summed E-state index contributed by atoms with van der Waals surface area (Å²) in [5.41, 5.74) is 23.5. The van der Waals surface area contributed by atoms with Gasteiger partial charge in [0.1, 0.15) is 0 Å². The molecule has 2 nitrogen and oxygen atoms in total. The summed E-state index contributed by atoms with van der Waals surface area (Å²) in [4.78, 5) is 7.68. The van der Waals surface area contributed by atoms with Crippen LogP contribution in [0.25, 0.3) is 77.8 Å². The first-order valence-electron chi connectivity index (χ1n) is 22.8. The quantitative estimate of drug-likeness (QED) is 0.159. The van der Waals surface area contributed by atoms with Crippen LogP contribution in [0.4, 0.5) is 17.1 Å². The Morgan fingerprint density at radius 1 is 0.273 bits per heavy atom. The largest absolute Gasteiger partial charge is 0.310 e. The first-order chi connectivity index (χ1) is 32.7. The number of hydrogen-bond donors (Lipinski definition) is 0. The minimum Gasteiger partial charge on any atom is -0.310 e. The fraction of sp³-hybridized carbons (Fsp3) is 0.0156. The molecule has 11 aromatic rings. The lowest BCUT2D eigenvalue weighted by molar-refractivity contribution is 0.794. The monoisotopic (exact) mass is 838 g/mol. The Hall–Kier alpha value is -8.59. The van der Waals surface area contributed by atoms with Crippen LogP contribution in [0.2, 0.25) is 0 Å². The Kier molecular flexibility index (Phi) is 8.79. The molecule has 13 rings (SSSR count). The van der Waals surface area contributed by atoms with Gasteiger partial charge in [-0.3, -0.25) is 0 Å². The van der Waals surface area contributed by atoms with Crippen molar-refractivity contribution in [2.75, 3.05) is 4.90 Å². The zero-order chi connectivity index (χ0) is 43.6. The van der Waals surface area contributed by atoms with Crippen LogP contribution < -0.4 is 4.90 Å². The molecule has 1 heterocycles. The number of benzene rings is 10. The molecule has 10 aromatic carbocycles. The smallest absolute Gasteiger partial charge is 0.0725 e. The fourth-order valence-electron chi connectivity index (χ4n) is 10.9. The number of nitrogens with zero attached hydrogens (tertiary/aromatic N) is 2. The summed E-state index contributed by atoms with van der Waals surface area (Å²) < 4.78 is 0. The highest BCUT2D eigenvalue weighted by molar-refractivity contribution is 6.00. The third kappa shape index (κ3) is 5.92. The maximum absolute atomic E-state index is 5.33. The standard InChI is InChI=1S/C64H42N2/c1-3-16-43(17-4-1)45-30-35-49(36-31-45)66(51-21-15-20-47(40-51)44-18-5-2-6-19-44)50-37-32-46(33-38-50)63-42-57(56-25-10-14-29-62(56)65-63)48-34-39-55-54-24-9-13-28-60(54)64(61(55)41-48)58-26-11-7-22-52(58)53-23-8-12-27-59(53)64/h1-42H. The summed E-state index contributed by atoms with van der Waals surface area (Å²) >= 11 is 0. The van der Waals surface area contributed by atoms with Gasteiger partial charge in [0, 0.05) is 28.0 Å². The van der Waals surface area contributed by atoms with Crippen LogP contribution in [0.1, 0.15) is 22.3 Å². The number of fused-ring (bicyclic) bond motifs is 11. The fourth-order valence-corrected chi connectivity index (χ4v) is 10.9. The number of pyridine rings is 1. The zero-order valence-electron chi connectivity index (χ0n) is 36.1. The Balaban J connectivity index is 0.931. The molecule has 1 spiro atoms. The third-order valence-corrected chi connectivity index (χ3v) is 13.9. The predicted octanol–water partition coefficient (Wildman–Crippen LogP) is 16.7. The number of rotatable bonds is 7. The Labute approximate surface area is 385 Å². The molecule has 0 saturated heterocycles. The van der Waals surface area contributed by atoms with Gasteiger partial charge in [-0.2, -0.15) is 0 Å². The van der Waals surface area contributed by atoms with Crippen molar-refractivity contribution in [3.05, 3.63) is 277 Å². The zero-order valence-corrected chi connectivity index (χ0v) is 36.1. The van der Waals surface area contributed by atoms with Crippen molar-refractivity contribution < 1.29 is 0 Å². The highest BCUT2D eigenvalue weighted by atomic mass is 15.1. The van der Waals surface area contributed by atoms with Crippen molar-refractivity contribution in [1.29, 1.82) is 0 Å². The van der Waals surface area contributed by atoms with Crippen molar-refractivity contribution in [3.63, 3.8) is 0 Å². The number of hydrogen-bond acceptors (Lipinski definition) is 2. The van der Waals surface area contributed by atoms with Gasteiger partial charge in [0.15, 0.2) is 0 Å². The molecular formula is C64H42N2. The van der Waals surface area contributed by atoms with Crippen molar-refractivity contribution >= 4 is 28.0 Å². The lowest BCUT2D eigenvalue weighted by Gasteiger charge is -2.30. The highest BCUT2D eigenvalue weighted by Gasteiger charge is 2.51. The summed E-state index contributed by atoms with van der Waals surface area (Å²) in [5, 5.41) is 1.14. The second-order valence-electron chi connectivity index (χ2n) is 17.4. The molecule has 2 aliphatic carbocycles. The van der Waals surface area contributed by atoms with E-state index in [2.05, 4.69) is 260 Å². The van der Waals surface area contributed by atoms with Gasteiger partial charge in [-0.15, -0.1) is 0 Å². The molecule has 0 atom stereocenters. The SMILES string of the molecule is c1ccc(-c2ccc(N(c3ccc(-c4cc(-c5ccc6c(c5)C5(c7ccccc7-c7ccccc75)c5ccccc5-6)c5ccccc5n4)cc3)c3cccc(-c4ccccc4)c3)cc2)cc1. The molecule has 2 heteroatoms. The number of aromatic nitrogens is 1. The molecule has 2 aliphatic rings. The second-order valence-corrected chi connectivity index (χ2v) is 17.4. The Bertz CT molecular complexity index is 3570. The van der Waals surface area contributed by atoms with E-state index in [1.807, 2.05) is 0 Å². The molecule has 0 N–H and O–H groups in total. The average molecular weight is 839 g/mol. The first-order valence-corrected chi connectivity index (χ1v) is 22.8. The molecule has 0 bridgehead atoms. The van der Waals surface area contributed by atoms with Gasteiger partial charge in [-0.05, 0) is 132 Å². The molecule has 0 saturated carbocycles. The topological polar surface area (TPSA) is 16.1 Å². The second kappa shape index (κ2) is 15.3. The summed E-state index contributed by atoms with van der Waals surface area (Å²) in [7, 11) is 0. The van der Waals surface area contributed by atoms with Crippen LogP contribution in [-0.2, 0) is 5.41 Å².